The highest BCUT2D eigenvalue weighted by atomic mass is 16.5. The average Bonchev–Trinajstić information content (AvgIpc) is 2.90. The van der Waals surface area contributed by atoms with E-state index in [9.17, 15) is 14.4 Å². The molecule has 1 heterocycles. The number of carbonyl (C=O) groups is 3. The van der Waals surface area contributed by atoms with E-state index in [1.165, 1.54) is 12.0 Å². The first kappa shape index (κ1) is 26.2. The van der Waals surface area contributed by atoms with Gasteiger partial charge in [-0.1, -0.05) is 59.3 Å². The molecule has 3 saturated carbocycles. The molecule has 0 N–H and O–H groups in total. The Morgan fingerprint density at radius 3 is 2.32 bits per heavy atom. The van der Waals surface area contributed by atoms with Gasteiger partial charge in [0.05, 0.1) is 13.2 Å². The number of hydrogen-bond donors (Lipinski definition) is 0. The molecular weight excluding hydrogens is 474 g/mol. The molecule has 0 bridgehead atoms. The summed E-state index contributed by atoms with van der Waals surface area (Å²) in [4.78, 5) is 41.2. The molecule has 0 aromatic heterocycles. The van der Waals surface area contributed by atoms with Gasteiger partial charge in [0.25, 0.3) is 0 Å². The summed E-state index contributed by atoms with van der Waals surface area (Å²) in [6.45, 7) is 16.6. The fraction of sp³-hybridized carbons (Fsp3) is 0.727. The van der Waals surface area contributed by atoms with E-state index in [0.29, 0.717) is 38.1 Å². The summed E-state index contributed by atoms with van der Waals surface area (Å²) < 4.78 is 5.54. The SMILES string of the molecule is CC1C(=O)C(=O)C=C2C1=CC=C1[C@@]2(C)CC[C@@]2(C)[C@@H]3C[C@](C)(C(=O)N4CCOCC4)CC[C@]3(C)CC[C@]12C. The van der Waals surface area contributed by atoms with Crippen molar-refractivity contribution in [3.63, 3.8) is 0 Å². The highest BCUT2D eigenvalue weighted by molar-refractivity contribution is 6.44. The number of Topliss-reactive ketones (excluding diaryl/α,β-unsaturated/α-hetero) is 1. The van der Waals surface area contributed by atoms with Crippen LogP contribution in [-0.4, -0.2) is 48.7 Å². The number of carbonyl (C=O) groups excluding carboxylic acids is 3. The summed E-state index contributed by atoms with van der Waals surface area (Å²) in [5, 5.41) is 0. The maximum absolute atomic E-state index is 13.9. The molecule has 6 rings (SSSR count). The third kappa shape index (κ3) is 3.29. The van der Waals surface area contributed by atoms with Gasteiger partial charge in [0, 0.05) is 29.8 Å². The van der Waals surface area contributed by atoms with Crippen molar-refractivity contribution in [2.45, 2.75) is 86.5 Å². The molecule has 4 fully saturated rings. The number of ether oxygens (including phenoxy) is 1. The van der Waals surface area contributed by atoms with Crippen molar-refractivity contribution in [1.82, 2.24) is 4.90 Å². The monoisotopic (exact) mass is 519 g/mol. The van der Waals surface area contributed by atoms with Crippen molar-refractivity contribution >= 4 is 17.5 Å². The number of fused-ring (bicyclic) bond motifs is 7. The number of amides is 1. The quantitative estimate of drug-likeness (QED) is 0.408. The maximum atomic E-state index is 13.9. The minimum Gasteiger partial charge on any atom is -0.378 e. The molecule has 5 aliphatic carbocycles. The van der Waals surface area contributed by atoms with Crippen LogP contribution in [0.15, 0.2) is 34.9 Å². The molecule has 1 saturated heterocycles. The van der Waals surface area contributed by atoms with Crippen molar-refractivity contribution in [3.05, 3.63) is 34.9 Å². The summed E-state index contributed by atoms with van der Waals surface area (Å²) in [6.07, 6.45) is 13.5. The first-order chi connectivity index (χ1) is 17.8. The summed E-state index contributed by atoms with van der Waals surface area (Å²) in [6, 6.07) is 0. The molecule has 206 valence electrons. The number of allylic oxidation sites excluding steroid dienone is 6. The second-order valence-electron chi connectivity index (χ2n) is 14.7. The number of rotatable bonds is 1. The number of hydrogen-bond acceptors (Lipinski definition) is 4. The second kappa shape index (κ2) is 8.25. The Labute approximate surface area is 228 Å². The van der Waals surface area contributed by atoms with Crippen LogP contribution in [0.5, 0.6) is 0 Å². The van der Waals surface area contributed by atoms with Crippen molar-refractivity contribution < 1.29 is 19.1 Å². The van der Waals surface area contributed by atoms with Gasteiger partial charge < -0.3 is 9.64 Å². The van der Waals surface area contributed by atoms with Gasteiger partial charge in [-0.3, -0.25) is 14.4 Å². The minimum absolute atomic E-state index is 0.0267. The van der Waals surface area contributed by atoms with E-state index < -0.39 is 0 Å². The molecule has 0 spiro atoms. The third-order valence-corrected chi connectivity index (χ3v) is 12.8. The fourth-order valence-corrected chi connectivity index (χ4v) is 9.93. The van der Waals surface area contributed by atoms with Crippen LogP contribution in [0.3, 0.4) is 0 Å². The molecule has 6 aliphatic rings. The topological polar surface area (TPSA) is 63.7 Å². The average molecular weight is 520 g/mol. The molecule has 5 heteroatoms. The number of morpholine rings is 1. The van der Waals surface area contributed by atoms with Crippen LogP contribution >= 0.6 is 0 Å². The van der Waals surface area contributed by atoms with Gasteiger partial charge in [-0.25, -0.2) is 0 Å². The fourth-order valence-electron chi connectivity index (χ4n) is 9.93. The molecule has 38 heavy (non-hydrogen) atoms. The predicted molar refractivity (Wildman–Crippen MR) is 147 cm³/mol. The van der Waals surface area contributed by atoms with Crippen molar-refractivity contribution in [2.24, 2.45) is 38.9 Å². The van der Waals surface area contributed by atoms with Crippen LogP contribution in [-0.2, 0) is 19.1 Å². The van der Waals surface area contributed by atoms with Gasteiger partial charge in [-0.15, -0.1) is 0 Å². The zero-order valence-electron chi connectivity index (χ0n) is 24.2. The van der Waals surface area contributed by atoms with Crippen LogP contribution in [0.4, 0.5) is 0 Å². The van der Waals surface area contributed by atoms with E-state index in [4.69, 9.17) is 4.74 Å². The zero-order valence-corrected chi connectivity index (χ0v) is 24.2. The van der Waals surface area contributed by atoms with Gasteiger partial charge in [0.1, 0.15) is 0 Å². The van der Waals surface area contributed by atoms with Crippen LogP contribution < -0.4 is 0 Å². The Bertz CT molecular complexity index is 1210. The molecule has 1 amide bonds. The first-order valence-corrected chi connectivity index (χ1v) is 14.9. The van der Waals surface area contributed by atoms with Crippen LogP contribution in [0.2, 0.25) is 0 Å². The first-order valence-electron chi connectivity index (χ1n) is 14.9. The van der Waals surface area contributed by atoms with E-state index in [0.717, 1.165) is 49.7 Å². The Kier molecular flexibility index (Phi) is 5.70. The van der Waals surface area contributed by atoms with E-state index >= 15 is 0 Å². The molecule has 5 nitrogen and oxygen atoms in total. The van der Waals surface area contributed by atoms with E-state index in [-0.39, 0.29) is 44.6 Å². The molecular formula is C33H45NO4. The highest BCUT2D eigenvalue weighted by Gasteiger charge is 2.67. The molecule has 7 atom stereocenters. The third-order valence-electron chi connectivity index (χ3n) is 12.8. The second-order valence-corrected chi connectivity index (χ2v) is 14.7. The van der Waals surface area contributed by atoms with Crippen molar-refractivity contribution in [2.75, 3.05) is 26.3 Å². The molecule has 0 radical (unpaired) electrons. The summed E-state index contributed by atoms with van der Waals surface area (Å²) >= 11 is 0. The highest BCUT2D eigenvalue weighted by Crippen LogP contribution is 2.75. The van der Waals surface area contributed by atoms with Crippen LogP contribution in [0.1, 0.15) is 86.5 Å². The van der Waals surface area contributed by atoms with E-state index in [1.54, 1.807) is 6.08 Å². The lowest BCUT2D eigenvalue weighted by atomic mass is 9.34. The predicted octanol–water partition coefficient (Wildman–Crippen LogP) is 5.85. The van der Waals surface area contributed by atoms with Gasteiger partial charge in [-0.05, 0) is 84.3 Å². The lowest BCUT2D eigenvalue weighted by Crippen LogP contribution is -2.63. The van der Waals surface area contributed by atoms with Crippen LogP contribution in [0, 0.1) is 38.9 Å². The summed E-state index contributed by atoms with van der Waals surface area (Å²) in [7, 11) is 0. The number of ketones is 2. The Morgan fingerprint density at radius 1 is 0.921 bits per heavy atom. The van der Waals surface area contributed by atoms with Crippen molar-refractivity contribution in [3.8, 4) is 0 Å². The van der Waals surface area contributed by atoms with Gasteiger partial charge >= 0.3 is 0 Å². The Morgan fingerprint density at radius 2 is 1.61 bits per heavy atom. The maximum Gasteiger partial charge on any atom is 0.228 e. The zero-order chi connectivity index (χ0) is 27.3. The standard InChI is InChI=1S/C33H45NO4/c1-21-22-7-8-25-31(4,23(22)19-24(35)27(21)36)12-14-33(6)26-20-30(3,28(37)34-15-17-38-18-16-34)10-9-29(26,2)11-13-32(25,33)5/h7-8,19,21,26H,9-18,20H2,1-6H3/t21?,26-,29-,30-,31+,32-,33+/m1/s1. The van der Waals surface area contributed by atoms with Crippen LogP contribution in [0.25, 0.3) is 0 Å². The minimum atomic E-state index is -0.363. The van der Waals surface area contributed by atoms with Gasteiger partial charge in [0.2, 0.25) is 17.5 Å². The smallest absolute Gasteiger partial charge is 0.228 e. The Balaban J connectivity index is 1.39. The lowest BCUT2D eigenvalue weighted by molar-refractivity contribution is -0.176. The molecule has 0 aromatic carbocycles. The lowest BCUT2D eigenvalue weighted by Gasteiger charge is -2.70. The largest absolute Gasteiger partial charge is 0.378 e. The molecule has 0 aromatic rings. The summed E-state index contributed by atoms with van der Waals surface area (Å²) in [5.41, 5.74) is 3.28. The van der Waals surface area contributed by atoms with Crippen molar-refractivity contribution in [1.29, 1.82) is 0 Å². The number of nitrogens with zero attached hydrogens (tertiary/aromatic N) is 1. The Hall–Kier alpha value is -2.01. The molecule has 1 aliphatic heterocycles. The summed E-state index contributed by atoms with van der Waals surface area (Å²) in [5.74, 6) is -0.207. The normalized spacial score (nSPS) is 46.6. The van der Waals surface area contributed by atoms with Gasteiger partial charge in [-0.2, -0.15) is 0 Å². The molecule has 1 unspecified atom stereocenters. The van der Waals surface area contributed by atoms with Gasteiger partial charge in [0.15, 0.2) is 0 Å². The van der Waals surface area contributed by atoms with E-state index in [1.807, 2.05) is 6.92 Å². The van der Waals surface area contributed by atoms with E-state index in [2.05, 4.69) is 51.7 Å².